The lowest BCUT2D eigenvalue weighted by atomic mass is 9.94. The first-order valence-corrected chi connectivity index (χ1v) is 18.8. The lowest BCUT2D eigenvalue weighted by Crippen LogP contribution is -2.17. The van der Waals surface area contributed by atoms with Crippen LogP contribution < -0.4 is 19.3 Å². The molecule has 0 atom stereocenters. The molecule has 7 aromatic carbocycles. The number of benzene rings is 7. The lowest BCUT2D eigenvalue weighted by Gasteiger charge is -2.26. The van der Waals surface area contributed by atoms with Gasteiger partial charge in [-0.3, -0.25) is 4.79 Å². The third-order valence-electron chi connectivity index (χ3n) is 9.61. The summed E-state index contributed by atoms with van der Waals surface area (Å²) in [7, 11) is 1.67. The fraction of sp³-hybridized carbons (Fsp3) is 0.0588. The molecule has 0 aliphatic carbocycles. The Kier molecular flexibility index (Phi) is 11.9. The average Bonchev–Trinajstić information content (AvgIpc) is 3.27. The van der Waals surface area contributed by atoms with Gasteiger partial charge in [0, 0.05) is 41.0 Å². The summed E-state index contributed by atoms with van der Waals surface area (Å²) in [5.41, 5.74) is 11.8. The van der Waals surface area contributed by atoms with E-state index in [9.17, 15) is 9.59 Å². The lowest BCUT2D eigenvalue weighted by molar-refractivity contribution is -0.152. The highest BCUT2D eigenvalue weighted by Crippen LogP contribution is 2.38. The maximum absolute atomic E-state index is 12.1. The number of rotatable bonds is 14. The number of carbonyl (C=O) groups excluding carboxylic acids is 2. The predicted molar refractivity (Wildman–Crippen MR) is 234 cm³/mol. The molecule has 0 unspecified atom stereocenters. The second-order valence-electron chi connectivity index (χ2n) is 13.4. The van der Waals surface area contributed by atoms with Crippen LogP contribution in [0, 0.1) is 0 Å². The standard InChI is InChI=1S/C51H42N2O5/c1-36(41-19-23-45(24-20-41)52(43-11-7-5-8-12-43)47-27-31-49(56-4)32-28-47)39-15-17-40(18-16-39)37(2)42-21-25-46(26-22-42)53(44-13-9-6-10-14-44)48-29-33-50(34-30-48)58-51(55)35-57-38(3)54/h5-34H,1-2,35H2,3-4H3. The van der Waals surface area contributed by atoms with Crippen LogP contribution in [0.4, 0.5) is 34.1 Å². The minimum atomic E-state index is -0.652. The van der Waals surface area contributed by atoms with Crippen molar-refractivity contribution in [3.63, 3.8) is 0 Å². The molecule has 0 N–H and O–H groups in total. The van der Waals surface area contributed by atoms with Gasteiger partial charge in [0.05, 0.1) is 7.11 Å². The molecule has 7 nitrogen and oxygen atoms in total. The zero-order chi connectivity index (χ0) is 40.4. The maximum atomic E-state index is 12.1. The summed E-state index contributed by atoms with van der Waals surface area (Å²) in [6.07, 6.45) is 0. The van der Waals surface area contributed by atoms with Crippen LogP contribution in [0.25, 0.3) is 11.1 Å². The normalized spacial score (nSPS) is 10.6. The van der Waals surface area contributed by atoms with Gasteiger partial charge in [-0.25, -0.2) is 4.79 Å². The number of nitrogens with zero attached hydrogens (tertiary/aromatic N) is 2. The monoisotopic (exact) mass is 762 g/mol. The van der Waals surface area contributed by atoms with Crippen molar-refractivity contribution in [3.05, 3.63) is 217 Å². The summed E-state index contributed by atoms with van der Waals surface area (Å²) in [6.45, 7) is 9.69. The molecule has 58 heavy (non-hydrogen) atoms. The number of hydrogen-bond donors (Lipinski definition) is 0. The van der Waals surface area contributed by atoms with Crippen molar-refractivity contribution in [2.24, 2.45) is 0 Å². The Balaban J connectivity index is 1.05. The molecule has 0 saturated heterocycles. The van der Waals surface area contributed by atoms with Crippen LogP contribution in [-0.2, 0) is 14.3 Å². The number of methoxy groups -OCH3 is 1. The van der Waals surface area contributed by atoms with Crippen molar-refractivity contribution >= 4 is 57.2 Å². The number of hydrogen-bond acceptors (Lipinski definition) is 7. The van der Waals surface area contributed by atoms with Crippen LogP contribution in [0.1, 0.15) is 29.2 Å². The van der Waals surface area contributed by atoms with E-state index in [0.717, 1.165) is 73.3 Å². The molecular weight excluding hydrogens is 721 g/mol. The van der Waals surface area contributed by atoms with Crippen LogP contribution >= 0.6 is 0 Å². The van der Waals surface area contributed by atoms with Crippen LogP contribution in [0.3, 0.4) is 0 Å². The van der Waals surface area contributed by atoms with Gasteiger partial charge in [0.1, 0.15) is 11.5 Å². The number of para-hydroxylation sites is 2. The van der Waals surface area contributed by atoms with E-state index in [1.807, 2.05) is 72.8 Å². The van der Waals surface area contributed by atoms with E-state index in [2.05, 4.69) is 120 Å². The van der Waals surface area contributed by atoms with Crippen LogP contribution in [0.15, 0.2) is 195 Å². The summed E-state index contributed by atoms with van der Waals surface area (Å²) in [5.74, 6) is -0.0351. The number of esters is 2. The first-order chi connectivity index (χ1) is 28.3. The predicted octanol–water partition coefficient (Wildman–Crippen LogP) is 12.2. The van der Waals surface area contributed by atoms with Crippen LogP contribution in [0.5, 0.6) is 11.5 Å². The molecular formula is C51H42N2O5. The molecule has 7 rings (SSSR count). The SMILES string of the molecule is C=C(c1ccc(C(=C)c2ccc(N(c3ccccc3)c3ccc(OC(=O)COC(C)=O)cc3)cc2)cc1)c1ccc(N(c2ccccc2)c2ccc(OC)cc2)cc1. The third-order valence-corrected chi connectivity index (χ3v) is 9.61. The maximum Gasteiger partial charge on any atom is 0.349 e. The Labute approximate surface area is 339 Å². The minimum Gasteiger partial charge on any atom is -0.497 e. The Morgan fingerprint density at radius 2 is 0.759 bits per heavy atom. The van der Waals surface area contributed by atoms with Crippen molar-refractivity contribution in [1.82, 2.24) is 0 Å². The van der Waals surface area contributed by atoms with Gasteiger partial charge in [0.25, 0.3) is 0 Å². The third kappa shape index (κ3) is 9.07. The van der Waals surface area contributed by atoms with E-state index in [1.54, 1.807) is 19.2 Å². The van der Waals surface area contributed by atoms with Crippen LogP contribution in [-0.4, -0.2) is 25.7 Å². The van der Waals surface area contributed by atoms with E-state index in [0.29, 0.717) is 5.75 Å². The Hall–Kier alpha value is -7.64. The van der Waals surface area contributed by atoms with E-state index >= 15 is 0 Å². The second-order valence-corrected chi connectivity index (χ2v) is 13.4. The Morgan fingerprint density at radius 1 is 0.448 bits per heavy atom. The minimum absolute atomic E-state index is 0.351. The molecule has 0 aliphatic heterocycles. The molecule has 286 valence electrons. The fourth-order valence-electron chi connectivity index (χ4n) is 6.59. The van der Waals surface area contributed by atoms with E-state index < -0.39 is 18.5 Å². The van der Waals surface area contributed by atoms with Gasteiger partial charge < -0.3 is 24.0 Å². The quantitative estimate of drug-likeness (QED) is 0.0807. The molecule has 7 heteroatoms. The summed E-state index contributed by atoms with van der Waals surface area (Å²) in [5, 5.41) is 0. The topological polar surface area (TPSA) is 68.3 Å². The summed E-state index contributed by atoms with van der Waals surface area (Å²) in [6, 6.07) is 60.6. The summed E-state index contributed by atoms with van der Waals surface area (Å²) in [4.78, 5) is 27.4. The number of ether oxygens (including phenoxy) is 3. The number of carbonyl (C=O) groups is 2. The fourth-order valence-corrected chi connectivity index (χ4v) is 6.59. The van der Waals surface area contributed by atoms with Crippen molar-refractivity contribution in [2.75, 3.05) is 23.5 Å². The Morgan fingerprint density at radius 3 is 1.10 bits per heavy atom. The van der Waals surface area contributed by atoms with Crippen molar-refractivity contribution in [2.45, 2.75) is 6.92 Å². The van der Waals surface area contributed by atoms with Gasteiger partial charge in [0.2, 0.25) is 0 Å². The highest BCUT2D eigenvalue weighted by molar-refractivity contribution is 5.85. The largest absolute Gasteiger partial charge is 0.497 e. The van der Waals surface area contributed by atoms with Crippen molar-refractivity contribution in [3.8, 4) is 11.5 Å². The molecule has 0 aliphatic rings. The average molecular weight is 763 g/mol. The smallest absolute Gasteiger partial charge is 0.349 e. The molecule has 0 radical (unpaired) electrons. The highest BCUT2D eigenvalue weighted by Gasteiger charge is 2.16. The molecule has 0 heterocycles. The molecule has 0 saturated carbocycles. The van der Waals surface area contributed by atoms with E-state index in [4.69, 9.17) is 14.2 Å². The second kappa shape index (κ2) is 17.9. The zero-order valence-corrected chi connectivity index (χ0v) is 32.4. The zero-order valence-electron chi connectivity index (χ0n) is 32.4. The first-order valence-electron chi connectivity index (χ1n) is 18.8. The molecule has 0 spiro atoms. The molecule has 0 fully saturated rings. The van der Waals surface area contributed by atoms with Crippen molar-refractivity contribution in [1.29, 1.82) is 0 Å². The molecule has 0 aromatic heterocycles. The van der Waals surface area contributed by atoms with Gasteiger partial charge in [-0.15, -0.1) is 0 Å². The van der Waals surface area contributed by atoms with Crippen LogP contribution in [0.2, 0.25) is 0 Å². The van der Waals surface area contributed by atoms with Gasteiger partial charge >= 0.3 is 11.9 Å². The highest BCUT2D eigenvalue weighted by atomic mass is 16.6. The van der Waals surface area contributed by atoms with Gasteiger partial charge in [0.15, 0.2) is 6.61 Å². The molecule has 7 aromatic rings. The van der Waals surface area contributed by atoms with Crippen molar-refractivity contribution < 1.29 is 23.8 Å². The Bertz CT molecular complexity index is 2500. The first kappa shape index (κ1) is 38.6. The van der Waals surface area contributed by atoms with Gasteiger partial charge in [-0.05, 0) is 130 Å². The van der Waals surface area contributed by atoms with Gasteiger partial charge in [-0.1, -0.05) is 98.1 Å². The summed E-state index contributed by atoms with van der Waals surface area (Å²) < 4.78 is 15.5. The number of anilines is 6. The molecule has 0 amide bonds. The van der Waals surface area contributed by atoms with E-state index in [-0.39, 0.29) is 0 Å². The summed E-state index contributed by atoms with van der Waals surface area (Å²) >= 11 is 0. The van der Waals surface area contributed by atoms with E-state index in [1.165, 1.54) is 6.92 Å². The molecule has 0 bridgehead atoms. The van der Waals surface area contributed by atoms with Gasteiger partial charge in [-0.2, -0.15) is 0 Å².